The number of nitrogens with zero attached hydrogens (tertiary/aromatic N) is 7. The molecule has 2 amide bonds. The van der Waals surface area contributed by atoms with Crippen LogP contribution in [0.2, 0.25) is 0 Å². The van der Waals surface area contributed by atoms with E-state index in [2.05, 4.69) is 32.6 Å². The van der Waals surface area contributed by atoms with Gasteiger partial charge in [-0.15, -0.1) is 0 Å². The highest BCUT2D eigenvalue weighted by Gasteiger charge is 2.54. The van der Waals surface area contributed by atoms with E-state index in [-0.39, 0.29) is 33.7 Å². The Hall–Kier alpha value is -5.38. The average Bonchev–Trinajstić information content (AvgIpc) is 3.57. The van der Waals surface area contributed by atoms with Gasteiger partial charge in [0.15, 0.2) is 0 Å². The van der Waals surface area contributed by atoms with Gasteiger partial charge in [0.1, 0.15) is 41.8 Å². The number of unbranched alkanes of at least 4 members (excludes halogenated alkanes) is 2. The van der Waals surface area contributed by atoms with Crippen LogP contribution < -0.4 is 9.80 Å². The van der Waals surface area contributed by atoms with E-state index in [4.69, 9.17) is 0 Å². The quantitative estimate of drug-likeness (QED) is 0.108. The van der Waals surface area contributed by atoms with E-state index >= 15 is 4.79 Å². The molecule has 2 atom stereocenters. The molecule has 2 aromatic carbocycles. The predicted molar refractivity (Wildman–Crippen MR) is 238 cm³/mol. The molecule has 5 aliphatic carbocycles. The maximum atomic E-state index is 15.2. The first kappa shape index (κ1) is 44.2. The molecular weight excluding hydrogens is 743 g/mol. The average molecular weight is 806 g/mol. The fraction of sp³-hybridized carbons (Fsp3) is 0.569. The zero-order valence-corrected chi connectivity index (χ0v) is 36.6. The highest BCUT2D eigenvalue weighted by atomic mass is 16.2. The van der Waals surface area contributed by atoms with Crippen molar-refractivity contribution in [3.05, 3.63) is 70.8 Å². The van der Waals surface area contributed by atoms with E-state index in [1.807, 2.05) is 60.5 Å². The molecule has 0 heterocycles. The molecule has 0 spiro atoms. The molecule has 314 valence electrons. The number of rotatable bonds is 18. The zero-order valence-electron chi connectivity index (χ0n) is 36.6. The molecule has 0 aromatic heterocycles. The first-order valence-electron chi connectivity index (χ1n) is 22.7. The second kappa shape index (κ2) is 19.8. The number of benzene rings is 2. The van der Waals surface area contributed by atoms with Crippen molar-refractivity contribution in [2.24, 2.45) is 29.6 Å². The van der Waals surface area contributed by atoms with Crippen LogP contribution >= 0.6 is 0 Å². The molecule has 4 saturated carbocycles. The molecule has 0 saturated heterocycles. The molecule has 2 aromatic rings. The standard InChI is InChI=1S/C51H63N7O2/c1-6-10-14-35(8-3)33-57(34-36(9-4)15-11-7-2)42-18-20-43(21-19-42)58(47(60)25-46(59)56(5)51-26-37-22-38(27-51)24-39(23-37)28-51)50-48(40(29-52)30-53)44-16-12-13-17-45(44)49(50)41(31-54)32-55/h12-13,16-21,35-39,50H,6-11,14-15,22-28,33-34H2,1-5H3. The van der Waals surface area contributed by atoms with Gasteiger partial charge in [0.05, 0.1) is 6.04 Å². The Balaban J connectivity index is 1.45. The Morgan fingerprint density at radius 3 is 1.50 bits per heavy atom. The Morgan fingerprint density at radius 1 is 0.667 bits per heavy atom. The van der Waals surface area contributed by atoms with Crippen LogP contribution in [-0.2, 0) is 9.59 Å². The van der Waals surface area contributed by atoms with E-state index in [1.54, 1.807) is 24.3 Å². The number of carbonyl (C=O) groups is 2. The third-order valence-electron chi connectivity index (χ3n) is 14.5. The number of hydrogen-bond acceptors (Lipinski definition) is 7. The molecule has 9 heteroatoms. The Labute approximate surface area is 358 Å². The van der Waals surface area contributed by atoms with Crippen molar-refractivity contribution in [1.29, 1.82) is 21.0 Å². The normalized spacial score (nSPS) is 22.1. The van der Waals surface area contributed by atoms with Gasteiger partial charge in [-0.1, -0.05) is 90.5 Å². The molecule has 4 fully saturated rings. The molecule has 7 rings (SSSR count). The summed E-state index contributed by atoms with van der Waals surface area (Å²) in [5, 5.41) is 41.5. The number of anilines is 2. The highest BCUT2D eigenvalue weighted by Crippen LogP contribution is 2.58. The third-order valence-corrected chi connectivity index (χ3v) is 14.5. The fourth-order valence-electron chi connectivity index (χ4n) is 11.6. The summed E-state index contributed by atoms with van der Waals surface area (Å²) < 4.78 is 0. The van der Waals surface area contributed by atoms with Gasteiger partial charge in [-0.05, 0) is 116 Å². The monoisotopic (exact) mass is 806 g/mol. The number of fused-ring (bicyclic) bond motifs is 1. The first-order chi connectivity index (χ1) is 29.1. The van der Waals surface area contributed by atoms with Crippen LogP contribution in [0.15, 0.2) is 59.7 Å². The Bertz CT molecular complexity index is 1970. The summed E-state index contributed by atoms with van der Waals surface area (Å²) in [5.74, 6) is 2.11. The molecule has 9 nitrogen and oxygen atoms in total. The molecular formula is C51H63N7O2. The van der Waals surface area contributed by atoms with E-state index in [0.717, 1.165) is 76.6 Å². The summed E-state index contributed by atoms with van der Waals surface area (Å²) in [6.45, 7) is 10.9. The van der Waals surface area contributed by atoms with Crippen LogP contribution in [0.3, 0.4) is 0 Å². The Kier molecular flexibility index (Phi) is 14.6. The van der Waals surface area contributed by atoms with Gasteiger partial charge in [0, 0.05) is 48.2 Å². The lowest BCUT2D eigenvalue weighted by molar-refractivity contribution is -0.149. The summed E-state index contributed by atoms with van der Waals surface area (Å²) >= 11 is 0. The number of amides is 2. The molecule has 60 heavy (non-hydrogen) atoms. The van der Waals surface area contributed by atoms with Crippen molar-refractivity contribution in [2.45, 2.75) is 136 Å². The van der Waals surface area contributed by atoms with Crippen LogP contribution in [0, 0.1) is 74.9 Å². The zero-order chi connectivity index (χ0) is 43.0. The molecule has 5 aliphatic rings. The topological polar surface area (TPSA) is 139 Å². The second-order valence-corrected chi connectivity index (χ2v) is 18.3. The van der Waals surface area contributed by atoms with Crippen molar-refractivity contribution in [1.82, 2.24) is 4.90 Å². The van der Waals surface area contributed by atoms with Gasteiger partial charge in [-0.2, -0.15) is 21.0 Å². The molecule has 4 bridgehead atoms. The minimum atomic E-state index is -1.17. The maximum Gasteiger partial charge on any atom is 0.237 e. The largest absolute Gasteiger partial charge is 0.371 e. The minimum Gasteiger partial charge on any atom is -0.371 e. The van der Waals surface area contributed by atoms with Gasteiger partial charge in [0.2, 0.25) is 11.8 Å². The third kappa shape index (κ3) is 9.03. The summed E-state index contributed by atoms with van der Waals surface area (Å²) in [4.78, 5) is 35.5. The number of allylic oxidation sites excluding steroid dienone is 2. The summed E-state index contributed by atoms with van der Waals surface area (Å²) in [7, 11) is 1.86. The lowest BCUT2D eigenvalue weighted by Crippen LogP contribution is -2.60. The van der Waals surface area contributed by atoms with Gasteiger partial charge < -0.3 is 14.7 Å². The van der Waals surface area contributed by atoms with Crippen LogP contribution in [0.5, 0.6) is 0 Å². The number of nitriles is 4. The van der Waals surface area contributed by atoms with Crippen molar-refractivity contribution in [3.8, 4) is 24.3 Å². The van der Waals surface area contributed by atoms with E-state index in [0.29, 0.717) is 46.4 Å². The SMILES string of the molecule is CCCCC(CC)CN(CC(CC)CCCC)c1ccc(N(C(=O)CC(=O)N(C)C23CC4CC(CC(C4)C2)C3)C2C(=C(C#N)C#N)c3ccccc3C2=C(C#N)C#N)cc1. The second-order valence-electron chi connectivity index (χ2n) is 18.3. The Morgan fingerprint density at radius 2 is 1.10 bits per heavy atom. The van der Waals surface area contributed by atoms with Crippen LogP contribution in [0.1, 0.15) is 135 Å². The summed E-state index contributed by atoms with van der Waals surface area (Å²) in [5.41, 5.74) is 2.32. The van der Waals surface area contributed by atoms with Gasteiger partial charge in [0.25, 0.3) is 0 Å². The van der Waals surface area contributed by atoms with E-state index < -0.39 is 18.4 Å². The van der Waals surface area contributed by atoms with E-state index in [1.165, 1.54) is 37.0 Å². The lowest BCUT2D eigenvalue weighted by Gasteiger charge is -2.59. The predicted octanol–water partition coefficient (Wildman–Crippen LogP) is 10.8. The lowest BCUT2D eigenvalue weighted by atomic mass is 9.52. The van der Waals surface area contributed by atoms with Crippen LogP contribution in [0.4, 0.5) is 11.4 Å². The summed E-state index contributed by atoms with van der Waals surface area (Å²) in [6, 6.07) is 22.0. The van der Waals surface area contributed by atoms with Crippen molar-refractivity contribution in [3.63, 3.8) is 0 Å². The van der Waals surface area contributed by atoms with Crippen LogP contribution in [0.25, 0.3) is 11.1 Å². The smallest absolute Gasteiger partial charge is 0.237 e. The van der Waals surface area contributed by atoms with Gasteiger partial charge in [-0.3, -0.25) is 9.59 Å². The number of hydrogen-bond donors (Lipinski definition) is 0. The minimum absolute atomic E-state index is 0.217. The molecule has 0 aliphatic heterocycles. The van der Waals surface area contributed by atoms with Crippen molar-refractivity contribution in [2.75, 3.05) is 29.9 Å². The van der Waals surface area contributed by atoms with E-state index in [9.17, 15) is 25.8 Å². The fourth-order valence-corrected chi connectivity index (χ4v) is 11.6. The number of carbonyl (C=O) groups excluding carboxylic acids is 2. The molecule has 0 N–H and O–H groups in total. The molecule has 0 radical (unpaired) electrons. The van der Waals surface area contributed by atoms with Crippen molar-refractivity contribution < 1.29 is 9.59 Å². The van der Waals surface area contributed by atoms with Gasteiger partial charge >= 0.3 is 0 Å². The summed E-state index contributed by atoms with van der Waals surface area (Å²) in [6.07, 6.45) is 15.3. The maximum absolute atomic E-state index is 15.2. The van der Waals surface area contributed by atoms with Crippen molar-refractivity contribution >= 4 is 34.3 Å². The van der Waals surface area contributed by atoms with Crippen LogP contribution in [-0.4, -0.2) is 48.4 Å². The molecule has 2 unspecified atom stereocenters. The first-order valence-corrected chi connectivity index (χ1v) is 22.7. The highest BCUT2D eigenvalue weighted by molar-refractivity contribution is 6.13. The van der Waals surface area contributed by atoms with Gasteiger partial charge in [-0.25, -0.2) is 0 Å².